The van der Waals surface area contributed by atoms with Crippen molar-refractivity contribution in [3.05, 3.63) is 0 Å². The first kappa shape index (κ1) is 15.8. The van der Waals surface area contributed by atoms with Gasteiger partial charge in [0.2, 0.25) is 5.91 Å². The standard InChI is InChI=1S/C16H30N2O2/c1-3-16(20)9-13-8-15(11-18(10-13)12(2)19)17-14-6-4-5-7-14/h13-17,20H,3-11H2,1-2H3. The SMILES string of the molecule is CCC(O)CC1CC(NC2CCCC2)CN(C(C)=O)C1. The molecule has 20 heavy (non-hydrogen) atoms. The molecule has 1 heterocycles. The van der Waals surface area contributed by atoms with Crippen molar-refractivity contribution < 1.29 is 9.90 Å². The van der Waals surface area contributed by atoms with Crippen LogP contribution in [0.3, 0.4) is 0 Å². The molecule has 0 aromatic rings. The van der Waals surface area contributed by atoms with E-state index in [9.17, 15) is 9.90 Å². The molecule has 116 valence electrons. The second-order valence-corrected chi connectivity index (χ2v) is 6.67. The lowest BCUT2D eigenvalue weighted by molar-refractivity contribution is -0.131. The summed E-state index contributed by atoms with van der Waals surface area (Å²) in [4.78, 5) is 13.7. The van der Waals surface area contributed by atoms with Crippen LogP contribution >= 0.6 is 0 Å². The molecule has 0 aromatic carbocycles. The third-order valence-electron chi connectivity index (χ3n) is 4.89. The molecule has 1 aliphatic heterocycles. The lowest BCUT2D eigenvalue weighted by atomic mass is 9.88. The van der Waals surface area contributed by atoms with Crippen molar-refractivity contribution in [3.8, 4) is 0 Å². The van der Waals surface area contributed by atoms with E-state index in [4.69, 9.17) is 0 Å². The van der Waals surface area contributed by atoms with E-state index in [1.165, 1.54) is 25.7 Å². The number of aliphatic hydroxyl groups is 1. The molecule has 4 nitrogen and oxygen atoms in total. The highest BCUT2D eigenvalue weighted by molar-refractivity contribution is 5.73. The van der Waals surface area contributed by atoms with Crippen LogP contribution < -0.4 is 5.32 Å². The van der Waals surface area contributed by atoms with Gasteiger partial charge in [0.25, 0.3) is 0 Å². The first-order valence-electron chi connectivity index (χ1n) is 8.28. The van der Waals surface area contributed by atoms with Crippen LogP contribution in [0.25, 0.3) is 0 Å². The van der Waals surface area contributed by atoms with Crippen LogP contribution in [-0.2, 0) is 4.79 Å². The van der Waals surface area contributed by atoms with E-state index < -0.39 is 0 Å². The Bertz CT molecular complexity index is 316. The van der Waals surface area contributed by atoms with Crippen molar-refractivity contribution in [1.82, 2.24) is 10.2 Å². The minimum absolute atomic E-state index is 0.166. The molecule has 2 rings (SSSR count). The fraction of sp³-hybridized carbons (Fsp3) is 0.938. The topological polar surface area (TPSA) is 52.6 Å². The molecule has 0 radical (unpaired) electrons. The minimum Gasteiger partial charge on any atom is -0.393 e. The number of nitrogens with zero attached hydrogens (tertiary/aromatic N) is 1. The molecule has 0 bridgehead atoms. The van der Waals surface area contributed by atoms with Crippen molar-refractivity contribution in [3.63, 3.8) is 0 Å². The van der Waals surface area contributed by atoms with Gasteiger partial charge in [0.1, 0.15) is 0 Å². The van der Waals surface area contributed by atoms with Gasteiger partial charge in [-0.15, -0.1) is 0 Å². The van der Waals surface area contributed by atoms with Crippen LogP contribution in [-0.4, -0.2) is 47.2 Å². The highest BCUT2D eigenvalue weighted by Gasteiger charge is 2.31. The zero-order valence-electron chi connectivity index (χ0n) is 13.0. The van der Waals surface area contributed by atoms with Crippen LogP contribution in [0.1, 0.15) is 58.8 Å². The maximum atomic E-state index is 11.7. The quantitative estimate of drug-likeness (QED) is 0.810. The van der Waals surface area contributed by atoms with Crippen LogP contribution in [0.5, 0.6) is 0 Å². The van der Waals surface area contributed by atoms with Gasteiger partial charge in [-0.1, -0.05) is 19.8 Å². The Morgan fingerprint density at radius 1 is 1.30 bits per heavy atom. The number of carbonyl (C=O) groups excluding carboxylic acids is 1. The summed E-state index contributed by atoms with van der Waals surface area (Å²) in [5.41, 5.74) is 0. The fourth-order valence-corrected chi connectivity index (χ4v) is 3.73. The summed E-state index contributed by atoms with van der Waals surface area (Å²) >= 11 is 0. The Hall–Kier alpha value is -0.610. The monoisotopic (exact) mass is 282 g/mol. The third-order valence-corrected chi connectivity index (χ3v) is 4.89. The third kappa shape index (κ3) is 4.45. The average Bonchev–Trinajstić information content (AvgIpc) is 2.91. The van der Waals surface area contributed by atoms with Crippen molar-refractivity contribution in [2.75, 3.05) is 13.1 Å². The summed E-state index contributed by atoms with van der Waals surface area (Å²) in [5, 5.41) is 13.6. The van der Waals surface area contributed by atoms with E-state index in [1.54, 1.807) is 6.92 Å². The number of likely N-dealkylation sites (tertiary alicyclic amines) is 1. The van der Waals surface area contributed by atoms with E-state index >= 15 is 0 Å². The van der Waals surface area contributed by atoms with Gasteiger partial charge in [0, 0.05) is 32.1 Å². The summed E-state index contributed by atoms with van der Waals surface area (Å²) in [7, 11) is 0. The largest absolute Gasteiger partial charge is 0.393 e. The Kier molecular flexibility index (Phi) is 5.85. The minimum atomic E-state index is -0.223. The second kappa shape index (κ2) is 7.41. The number of rotatable bonds is 5. The van der Waals surface area contributed by atoms with E-state index in [2.05, 4.69) is 5.32 Å². The van der Waals surface area contributed by atoms with Gasteiger partial charge < -0.3 is 15.3 Å². The zero-order valence-corrected chi connectivity index (χ0v) is 13.0. The van der Waals surface area contributed by atoms with E-state index in [-0.39, 0.29) is 12.0 Å². The molecule has 3 unspecified atom stereocenters. The molecule has 0 aromatic heterocycles. The number of nitrogens with one attached hydrogen (secondary N) is 1. The molecular formula is C16H30N2O2. The predicted octanol–water partition coefficient (Wildman–Crippen LogP) is 1.92. The average molecular weight is 282 g/mol. The first-order valence-corrected chi connectivity index (χ1v) is 8.28. The molecule has 1 aliphatic carbocycles. The molecular weight excluding hydrogens is 252 g/mol. The number of amides is 1. The smallest absolute Gasteiger partial charge is 0.219 e. The summed E-state index contributed by atoms with van der Waals surface area (Å²) in [6.45, 7) is 5.33. The molecule has 1 amide bonds. The van der Waals surface area contributed by atoms with Crippen molar-refractivity contribution in [2.24, 2.45) is 5.92 Å². The molecule has 1 saturated carbocycles. The lowest BCUT2D eigenvalue weighted by Gasteiger charge is -2.39. The Morgan fingerprint density at radius 2 is 2.00 bits per heavy atom. The summed E-state index contributed by atoms with van der Waals surface area (Å²) < 4.78 is 0. The number of hydrogen-bond donors (Lipinski definition) is 2. The molecule has 2 fully saturated rings. The lowest BCUT2D eigenvalue weighted by Crippen LogP contribution is -2.53. The van der Waals surface area contributed by atoms with Gasteiger partial charge in [0.05, 0.1) is 6.10 Å². The second-order valence-electron chi connectivity index (χ2n) is 6.67. The van der Waals surface area contributed by atoms with Crippen LogP contribution in [0.15, 0.2) is 0 Å². The molecule has 2 N–H and O–H groups in total. The van der Waals surface area contributed by atoms with Crippen molar-refractivity contribution >= 4 is 5.91 Å². The van der Waals surface area contributed by atoms with E-state index in [0.29, 0.717) is 18.0 Å². The van der Waals surface area contributed by atoms with Crippen LogP contribution in [0.4, 0.5) is 0 Å². The summed E-state index contributed by atoms with van der Waals surface area (Å²) in [6.07, 6.45) is 7.71. The normalized spacial score (nSPS) is 29.6. The molecule has 0 spiro atoms. The zero-order chi connectivity index (χ0) is 14.5. The summed E-state index contributed by atoms with van der Waals surface area (Å²) in [6, 6.07) is 1.05. The Labute approximate surface area is 122 Å². The highest BCUT2D eigenvalue weighted by Crippen LogP contribution is 2.25. The number of piperidine rings is 1. The van der Waals surface area contributed by atoms with Crippen LogP contribution in [0, 0.1) is 5.92 Å². The van der Waals surface area contributed by atoms with E-state index in [0.717, 1.165) is 32.4 Å². The highest BCUT2D eigenvalue weighted by atomic mass is 16.3. The van der Waals surface area contributed by atoms with Gasteiger partial charge in [0.15, 0.2) is 0 Å². The van der Waals surface area contributed by atoms with Gasteiger partial charge >= 0.3 is 0 Å². The summed E-state index contributed by atoms with van der Waals surface area (Å²) in [5.74, 6) is 0.598. The molecule has 2 aliphatic rings. The van der Waals surface area contributed by atoms with Gasteiger partial charge in [-0.2, -0.15) is 0 Å². The van der Waals surface area contributed by atoms with Gasteiger partial charge in [-0.25, -0.2) is 0 Å². The maximum Gasteiger partial charge on any atom is 0.219 e. The molecule has 4 heteroatoms. The first-order chi connectivity index (χ1) is 9.58. The predicted molar refractivity (Wildman–Crippen MR) is 80.5 cm³/mol. The van der Waals surface area contributed by atoms with Gasteiger partial charge in [-0.3, -0.25) is 4.79 Å². The fourth-order valence-electron chi connectivity index (χ4n) is 3.73. The Balaban J connectivity index is 1.90. The number of aliphatic hydroxyl groups excluding tert-OH is 1. The van der Waals surface area contributed by atoms with Crippen molar-refractivity contribution in [1.29, 1.82) is 0 Å². The molecule has 3 atom stereocenters. The maximum absolute atomic E-state index is 11.7. The number of hydrogen-bond acceptors (Lipinski definition) is 3. The van der Waals surface area contributed by atoms with E-state index in [1.807, 2.05) is 11.8 Å². The van der Waals surface area contributed by atoms with Gasteiger partial charge in [-0.05, 0) is 38.0 Å². The molecule has 1 saturated heterocycles. The number of carbonyl (C=O) groups is 1. The van der Waals surface area contributed by atoms with Crippen LogP contribution in [0.2, 0.25) is 0 Å². The Morgan fingerprint density at radius 3 is 2.60 bits per heavy atom. The van der Waals surface area contributed by atoms with Crippen molar-refractivity contribution in [2.45, 2.75) is 77.0 Å².